The minimum Gasteiger partial charge on any atom is -0.361 e. The van der Waals surface area contributed by atoms with Crippen LogP contribution < -0.4 is 5.32 Å². The number of nitrogens with one attached hydrogen (secondary N) is 1. The highest BCUT2D eigenvalue weighted by Crippen LogP contribution is 2.72. The van der Waals surface area contributed by atoms with Crippen LogP contribution >= 0.6 is 0 Å². The van der Waals surface area contributed by atoms with Gasteiger partial charge in [-0.25, -0.2) is 0 Å². The number of fused-ring (bicyclic) bond motifs is 8. The highest BCUT2D eigenvalue weighted by molar-refractivity contribution is 5.88. The van der Waals surface area contributed by atoms with E-state index in [1.165, 1.54) is 0 Å². The molecule has 40 heavy (non-hydrogen) atoms. The van der Waals surface area contributed by atoms with Crippen LogP contribution in [0.3, 0.4) is 0 Å². The summed E-state index contributed by atoms with van der Waals surface area (Å²) >= 11 is 0. The molecule has 1 heterocycles. The van der Waals surface area contributed by atoms with Crippen LogP contribution in [-0.4, -0.2) is 29.6 Å². The number of nitrogens with zero attached hydrogens (tertiary/aromatic N) is 1. The van der Waals surface area contributed by atoms with E-state index in [4.69, 9.17) is 4.52 Å². The molecule has 0 saturated heterocycles. The van der Waals surface area contributed by atoms with Crippen LogP contribution in [0.2, 0.25) is 0 Å². The van der Waals surface area contributed by atoms with Gasteiger partial charge in [-0.05, 0) is 91.3 Å². The summed E-state index contributed by atoms with van der Waals surface area (Å²) < 4.78 is 45.1. The Morgan fingerprint density at radius 1 is 1.00 bits per heavy atom. The van der Waals surface area contributed by atoms with Crippen molar-refractivity contribution in [1.29, 1.82) is 0 Å². The molecule has 5 aliphatic rings. The second-order valence-corrected chi connectivity index (χ2v) is 16.0. The van der Waals surface area contributed by atoms with Gasteiger partial charge in [0.15, 0.2) is 0 Å². The normalized spacial score (nSPS) is 43.4. The van der Waals surface area contributed by atoms with Crippen molar-refractivity contribution in [1.82, 2.24) is 10.5 Å². The SMILES string of the molecule is CC1(C)CCC2(C(=O)NCC(F)(F)F)CCC3C(C(=O)CC4C3(C)CCC3C(C)(C)c5oncc5CC34C)C2C1. The average molecular weight is 563 g/mol. The Morgan fingerprint density at radius 2 is 1.73 bits per heavy atom. The third kappa shape index (κ3) is 3.89. The molecule has 8 unspecified atom stereocenters. The molecule has 0 aliphatic heterocycles. The average Bonchev–Trinajstić information content (AvgIpc) is 3.31. The predicted molar refractivity (Wildman–Crippen MR) is 144 cm³/mol. The summed E-state index contributed by atoms with van der Waals surface area (Å²) in [5.74, 6) is 0.958. The van der Waals surface area contributed by atoms with Gasteiger partial charge in [0.05, 0.1) is 11.6 Å². The standard InChI is InChI=1S/C32H45F3N2O3/c1-27(2)11-12-31(26(39)36-17-32(33,34)35)10-7-19-24(20(31)15-27)21(38)13-23-29(19,5)9-8-22-28(3,4)25-18(16-37-40-25)14-30(22,23)6/h16,19-20,22-24H,7-15,17H2,1-6H3,(H,36,39). The molecule has 222 valence electrons. The molecule has 0 aromatic carbocycles. The molecule has 8 heteroatoms. The second kappa shape index (κ2) is 8.59. The van der Waals surface area contributed by atoms with Crippen LogP contribution in [0.5, 0.6) is 0 Å². The quantitative estimate of drug-likeness (QED) is 0.420. The summed E-state index contributed by atoms with van der Waals surface area (Å²) in [7, 11) is 0. The molecule has 1 amide bonds. The van der Waals surface area contributed by atoms with Crippen LogP contribution in [0.25, 0.3) is 0 Å². The molecule has 0 spiro atoms. The van der Waals surface area contributed by atoms with Gasteiger partial charge >= 0.3 is 6.18 Å². The molecule has 8 atom stereocenters. The summed E-state index contributed by atoms with van der Waals surface area (Å²) in [6.07, 6.45) is 4.12. The number of alkyl halides is 3. The first-order chi connectivity index (χ1) is 18.4. The molecule has 0 radical (unpaired) electrons. The van der Waals surface area contributed by atoms with Gasteiger partial charge in [0.25, 0.3) is 0 Å². The third-order valence-electron chi connectivity index (χ3n) is 13.1. The first kappa shape index (κ1) is 28.3. The summed E-state index contributed by atoms with van der Waals surface area (Å²) in [4.78, 5) is 28.0. The second-order valence-electron chi connectivity index (χ2n) is 16.0. The maximum absolute atomic E-state index is 14.4. The Balaban J connectivity index is 1.37. The molecule has 5 aliphatic carbocycles. The number of hydrogen-bond donors (Lipinski definition) is 1. The number of amides is 1. The lowest BCUT2D eigenvalue weighted by Gasteiger charge is -2.68. The van der Waals surface area contributed by atoms with E-state index < -0.39 is 24.0 Å². The van der Waals surface area contributed by atoms with Gasteiger partial charge in [0.2, 0.25) is 5.91 Å². The predicted octanol–water partition coefficient (Wildman–Crippen LogP) is 7.04. The maximum Gasteiger partial charge on any atom is 0.405 e. The fraction of sp³-hybridized carbons (Fsp3) is 0.844. The Hall–Kier alpha value is -1.86. The summed E-state index contributed by atoms with van der Waals surface area (Å²) in [5, 5.41) is 6.41. The number of rotatable bonds is 2. The van der Waals surface area contributed by atoms with Crippen LogP contribution in [-0.2, 0) is 21.4 Å². The Labute approximate surface area is 235 Å². The first-order valence-electron chi connectivity index (χ1n) is 15.3. The van der Waals surface area contributed by atoms with Gasteiger partial charge in [-0.1, -0.05) is 46.7 Å². The van der Waals surface area contributed by atoms with E-state index in [0.29, 0.717) is 31.6 Å². The van der Waals surface area contributed by atoms with Crippen LogP contribution in [0.4, 0.5) is 13.2 Å². The molecule has 1 aromatic heterocycles. The number of carbonyl (C=O) groups excluding carboxylic acids is 2. The minimum absolute atomic E-state index is 0.0554. The van der Waals surface area contributed by atoms with Gasteiger partial charge in [-0.15, -0.1) is 0 Å². The van der Waals surface area contributed by atoms with Crippen LogP contribution in [0, 0.1) is 51.2 Å². The van der Waals surface area contributed by atoms with E-state index >= 15 is 0 Å². The van der Waals surface area contributed by atoms with Crippen molar-refractivity contribution in [2.75, 3.05) is 6.54 Å². The van der Waals surface area contributed by atoms with Gasteiger partial charge in [0.1, 0.15) is 18.1 Å². The van der Waals surface area contributed by atoms with Gasteiger partial charge in [-0.2, -0.15) is 13.2 Å². The monoisotopic (exact) mass is 562 g/mol. The number of hydrogen-bond acceptors (Lipinski definition) is 4. The number of aromatic nitrogens is 1. The lowest BCUT2D eigenvalue weighted by atomic mass is 9.35. The Morgan fingerprint density at radius 3 is 2.42 bits per heavy atom. The summed E-state index contributed by atoms with van der Waals surface area (Å²) in [6.45, 7) is 12.3. The third-order valence-corrected chi connectivity index (χ3v) is 13.1. The fourth-order valence-electron chi connectivity index (χ4n) is 11.4. The zero-order valence-corrected chi connectivity index (χ0v) is 24.8. The number of carbonyl (C=O) groups is 2. The first-order valence-corrected chi connectivity index (χ1v) is 15.3. The van der Waals surface area contributed by atoms with Gasteiger partial charge in [-0.3, -0.25) is 9.59 Å². The lowest BCUT2D eigenvalue weighted by Crippen LogP contribution is -2.66. The molecular weight excluding hydrogens is 517 g/mol. The summed E-state index contributed by atoms with van der Waals surface area (Å²) in [6, 6.07) is 0. The largest absolute Gasteiger partial charge is 0.405 e. The Bertz CT molecular complexity index is 1220. The van der Waals surface area contributed by atoms with Crippen molar-refractivity contribution in [3.05, 3.63) is 17.5 Å². The van der Waals surface area contributed by atoms with Gasteiger partial charge in [0, 0.05) is 23.3 Å². The van der Waals surface area contributed by atoms with Crippen molar-refractivity contribution in [2.24, 2.45) is 51.2 Å². The highest BCUT2D eigenvalue weighted by Gasteiger charge is 2.69. The smallest absolute Gasteiger partial charge is 0.361 e. The van der Waals surface area contributed by atoms with Crippen molar-refractivity contribution < 1.29 is 27.3 Å². The Kier molecular flexibility index (Phi) is 6.07. The molecular formula is C32H45F3N2O3. The molecule has 6 rings (SSSR count). The number of halogens is 3. The maximum atomic E-state index is 14.4. The summed E-state index contributed by atoms with van der Waals surface area (Å²) in [5.41, 5.74) is -0.122. The van der Waals surface area contributed by atoms with E-state index in [0.717, 1.165) is 43.4 Å². The number of ketones is 1. The van der Waals surface area contributed by atoms with Gasteiger partial charge < -0.3 is 9.84 Å². The van der Waals surface area contributed by atoms with Crippen LogP contribution in [0.15, 0.2) is 10.7 Å². The van der Waals surface area contributed by atoms with Crippen molar-refractivity contribution in [3.8, 4) is 0 Å². The van der Waals surface area contributed by atoms with Crippen molar-refractivity contribution >= 4 is 11.7 Å². The topological polar surface area (TPSA) is 72.2 Å². The zero-order chi connectivity index (χ0) is 29.1. The number of Topliss-reactive ketones (excluding diaryl/α,β-unsaturated/α-hetero) is 1. The van der Waals surface area contributed by atoms with Crippen molar-refractivity contribution in [3.63, 3.8) is 0 Å². The van der Waals surface area contributed by atoms with Crippen molar-refractivity contribution in [2.45, 2.75) is 111 Å². The molecule has 1 N–H and O–H groups in total. The fourth-order valence-corrected chi connectivity index (χ4v) is 11.4. The van der Waals surface area contributed by atoms with Crippen LogP contribution in [0.1, 0.15) is 104 Å². The van der Waals surface area contributed by atoms with E-state index in [1.54, 1.807) is 0 Å². The van der Waals surface area contributed by atoms with E-state index in [-0.39, 0.29) is 51.1 Å². The highest BCUT2D eigenvalue weighted by atomic mass is 19.4. The molecule has 4 saturated carbocycles. The zero-order valence-electron chi connectivity index (χ0n) is 24.8. The van der Waals surface area contributed by atoms with E-state index in [9.17, 15) is 22.8 Å². The molecule has 5 nitrogen and oxygen atoms in total. The minimum atomic E-state index is -4.46. The van der Waals surface area contributed by atoms with E-state index in [1.807, 2.05) is 6.20 Å². The molecule has 4 fully saturated rings. The molecule has 1 aromatic rings. The molecule has 0 bridgehead atoms. The lowest BCUT2D eigenvalue weighted by molar-refractivity contribution is -0.198. The van der Waals surface area contributed by atoms with E-state index in [2.05, 4.69) is 52.0 Å².